The predicted molar refractivity (Wildman–Crippen MR) is 106 cm³/mol. The number of benzene rings is 1. The molecule has 0 bridgehead atoms. The Hall–Kier alpha value is -2.16. The molecule has 1 aliphatic heterocycles. The molecule has 1 amide bonds. The summed E-state index contributed by atoms with van der Waals surface area (Å²) in [5.41, 5.74) is 0.379. The van der Waals surface area contributed by atoms with Crippen molar-refractivity contribution in [3.63, 3.8) is 0 Å². The van der Waals surface area contributed by atoms with Crippen molar-refractivity contribution in [2.75, 3.05) is 26.2 Å². The number of halogens is 1. The van der Waals surface area contributed by atoms with E-state index in [-0.39, 0.29) is 43.1 Å². The Balaban J connectivity index is 1.73. The minimum Gasteiger partial charge on any atom is -0.490 e. The normalized spacial score (nSPS) is 15.6. The van der Waals surface area contributed by atoms with Crippen molar-refractivity contribution in [3.8, 4) is 5.75 Å². The average molecular weight is 424 g/mol. The van der Waals surface area contributed by atoms with Crippen LogP contribution in [-0.4, -0.2) is 60.8 Å². The van der Waals surface area contributed by atoms with Gasteiger partial charge in [0.15, 0.2) is 0 Å². The molecule has 28 heavy (non-hydrogen) atoms. The number of hydrogen-bond acceptors (Lipinski definition) is 5. The van der Waals surface area contributed by atoms with Gasteiger partial charge in [0.05, 0.1) is 11.7 Å². The molecule has 1 aromatic heterocycles. The van der Waals surface area contributed by atoms with Crippen LogP contribution in [0.25, 0.3) is 0 Å². The van der Waals surface area contributed by atoms with Crippen molar-refractivity contribution in [1.29, 1.82) is 0 Å². The van der Waals surface area contributed by atoms with E-state index in [0.717, 1.165) is 0 Å². The maximum Gasteiger partial charge on any atom is 0.257 e. The monoisotopic (exact) mass is 423 g/mol. The van der Waals surface area contributed by atoms with E-state index in [1.807, 2.05) is 13.8 Å². The largest absolute Gasteiger partial charge is 0.490 e. The molecule has 9 heteroatoms. The third kappa shape index (κ3) is 4.45. The quantitative estimate of drug-likeness (QED) is 0.738. The molecule has 1 fully saturated rings. The number of hydrogen-bond donors (Lipinski definition) is 0. The van der Waals surface area contributed by atoms with E-state index < -0.39 is 10.0 Å². The van der Waals surface area contributed by atoms with Gasteiger partial charge in [0.25, 0.3) is 5.91 Å². The van der Waals surface area contributed by atoms with Gasteiger partial charge >= 0.3 is 0 Å². The molecule has 2 heterocycles. The number of sulfonamides is 1. The second-order valence-corrected chi connectivity index (χ2v) is 9.07. The summed E-state index contributed by atoms with van der Waals surface area (Å²) >= 11 is 6.07. The molecule has 3 rings (SSSR count). The van der Waals surface area contributed by atoms with Gasteiger partial charge in [-0.25, -0.2) is 8.42 Å². The molecule has 150 valence electrons. The van der Waals surface area contributed by atoms with Crippen LogP contribution in [0.4, 0.5) is 0 Å². The van der Waals surface area contributed by atoms with E-state index in [4.69, 9.17) is 16.3 Å². The topological polar surface area (TPSA) is 79.8 Å². The SMILES string of the molecule is CC(C)Oc1ccc(Cl)cc1C(=O)N1CCN(S(=O)(=O)c2cccnc2)CC1. The van der Waals surface area contributed by atoms with Gasteiger partial charge in [-0.15, -0.1) is 0 Å². The van der Waals surface area contributed by atoms with Gasteiger partial charge in [-0.05, 0) is 44.2 Å². The number of rotatable bonds is 5. The molecule has 1 saturated heterocycles. The summed E-state index contributed by atoms with van der Waals surface area (Å²) in [4.78, 5) is 18.6. The van der Waals surface area contributed by atoms with Gasteiger partial charge in [0.1, 0.15) is 10.6 Å². The number of nitrogens with zero attached hydrogens (tertiary/aromatic N) is 3. The van der Waals surface area contributed by atoms with Gasteiger partial charge in [0, 0.05) is 43.6 Å². The minimum absolute atomic E-state index is 0.0887. The fraction of sp³-hybridized carbons (Fsp3) is 0.368. The Bertz CT molecular complexity index is 943. The molecule has 0 radical (unpaired) electrons. The molecule has 0 atom stereocenters. The van der Waals surface area contributed by atoms with E-state index in [0.29, 0.717) is 16.3 Å². The van der Waals surface area contributed by atoms with Crippen LogP contribution in [-0.2, 0) is 10.0 Å². The first-order valence-corrected chi connectivity index (χ1v) is 10.8. The van der Waals surface area contributed by atoms with Gasteiger partial charge in [-0.2, -0.15) is 4.31 Å². The van der Waals surface area contributed by atoms with Crippen LogP contribution in [0.3, 0.4) is 0 Å². The number of piperazine rings is 1. The number of amides is 1. The molecule has 1 aromatic carbocycles. The Kier molecular flexibility index (Phi) is 6.22. The highest BCUT2D eigenvalue weighted by molar-refractivity contribution is 7.89. The van der Waals surface area contributed by atoms with Gasteiger partial charge in [-0.3, -0.25) is 9.78 Å². The lowest BCUT2D eigenvalue weighted by Gasteiger charge is -2.34. The first-order valence-electron chi connectivity index (χ1n) is 8.94. The third-order valence-electron chi connectivity index (χ3n) is 4.33. The fourth-order valence-electron chi connectivity index (χ4n) is 2.98. The molecular formula is C19H22ClN3O4S. The highest BCUT2D eigenvalue weighted by atomic mass is 35.5. The Morgan fingerprint density at radius 1 is 1.18 bits per heavy atom. The van der Waals surface area contributed by atoms with E-state index in [2.05, 4.69) is 4.98 Å². The highest BCUT2D eigenvalue weighted by Crippen LogP contribution is 2.26. The molecule has 2 aromatic rings. The van der Waals surface area contributed by atoms with E-state index in [1.54, 1.807) is 29.2 Å². The molecule has 0 N–H and O–H groups in total. The van der Waals surface area contributed by atoms with Crippen LogP contribution < -0.4 is 4.74 Å². The molecule has 1 aliphatic rings. The standard InChI is InChI=1S/C19H22ClN3O4S/c1-14(2)27-18-6-5-15(20)12-17(18)19(24)22-8-10-23(11-9-22)28(25,26)16-4-3-7-21-13-16/h3-7,12-14H,8-11H2,1-2H3. The highest BCUT2D eigenvalue weighted by Gasteiger charge is 2.31. The van der Waals surface area contributed by atoms with Crippen LogP contribution in [0.2, 0.25) is 5.02 Å². The van der Waals surface area contributed by atoms with Crippen molar-refractivity contribution < 1.29 is 17.9 Å². The zero-order valence-corrected chi connectivity index (χ0v) is 17.3. The molecule has 0 unspecified atom stereocenters. The van der Waals surface area contributed by atoms with Crippen LogP contribution in [0.5, 0.6) is 5.75 Å². The molecule has 0 aliphatic carbocycles. The first kappa shape index (κ1) is 20.6. The molecule has 0 spiro atoms. The van der Waals surface area contributed by atoms with Crippen molar-refractivity contribution in [2.45, 2.75) is 24.8 Å². The van der Waals surface area contributed by atoms with Gasteiger partial charge in [0.2, 0.25) is 10.0 Å². The smallest absolute Gasteiger partial charge is 0.257 e. The summed E-state index contributed by atoms with van der Waals surface area (Å²) in [6.45, 7) is 4.75. The summed E-state index contributed by atoms with van der Waals surface area (Å²) < 4.78 is 32.5. The van der Waals surface area contributed by atoms with E-state index in [9.17, 15) is 13.2 Å². The zero-order valence-electron chi connectivity index (χ0n) is 15.7. The fourth-order valence-corrected chi connectivity index (χ4v) is 4.54. The van der Waals surface area contributed by atoms with Gasteiger partial charge < -0.3 is 9.64 Å². The molecular weight excluding hydrogens is 402 g/mol. The first-order chi connectivity index (χ1) is 13.3. The Labute approximate surface area is 169 Å². The summed E-state index contributed by atoms with van der Waals surface area (Å²) in [6.07, 6.45) is 2.76. The average Bonchev–Trinajstić information content (AvgIpc) is 2.69. The van der Waals surface area contributed by atoms with E-state index in [1.165, 1.54) is 22.8 Å². The summed E-state index contributed by atoms with van der Waals surface area (Å²) in [7, 11) is -3.62. The summed E-state index contributed by atoms with van der Waals surface area (Å²) in [5, 5.41) is 0.442. The van der Waals surface area contributed by atoms with Crippen molar-refractivity contribution >= 4 is 27.5 Å². The molecule has 7 nitrogen and oxygen atoms in total. The van der Waals surface area contributed by atoms with Crippen LogP contribution in [0, 0.1) is 0 Å². The number of carbonyl (C=O) groups is 1. The minimum atomic E-state index is -3.62. The Morgan fingerprint density at radius 3 is 2.50 bits per heavy atom. The van der Waals surface area contributed by atoms with Crippen molar-refractivity contribution in [2.24, 2.45) is 0 Å². The Morgan fingerprint density at radius 2 is 1.89 bits per heavy atom. The second kappa shape index (κ2) is 8.46. The van der Waals surface area contributed by atoms with Crippen molar-refractivity contribution in [3.05, 3.63) is 53.3 Å². The lowest BCUT2D eigenvalue weighted by molar-refractivity contribution is 0.0692. The number of pyridine rings is 1. The third-order valence-corrected chi connectivity index (χ3v) is 6.45. The number of carbonyl (C=O) groups excluding carboxylic acids is 1. The maximum atomic E-state index is 13.0. The molecule has 0 saturated carbocycles. The lowest BCUT2D eigenvalue weighted by Crippen LogP contribution is -2.50. The predicted octanol–water partition coefficient (Wildman–Crippen LogP) is 2.67. The van der Waals surface area contributed by atoms with Crippen LogP contribution in [0.15, 0.2) is 47.6 Å². The second-order valence-electron chi connectivity index (χ2n) is 6.69. The number of aromatic nitrogens is 1. The van der Waals surface area contributed by atoms with E-state index >= 15 is 0 Å². The summed E-state index contributed by atoms with van der Waals surface area (Å²) in [5.74, 6) is 0.242. The maximum absolute atomic E-state index is 13.0. The summed E-state index contributed by atoms with van der Waals surface area (Å²) in [6, 6.07) is 8.04. The van der Waals surface area contributed by atoms with Crippen molar-refractivity contribution in [1.82, 2.24) is 14.2 Å². The van der Waals surface area contributed by atoms with Crippen LogP contribution >= 0.6 is 11.6 Å². The van der Waals surface area contributed by atoms with Gasteiger partial charge in [-0.1, -0.05) is 11.6 Å². The zero-order chi connectivity index (χ0) is 20.3. The number of ether oxygens (including phenoxy) is 1. The van der Waals surface area contributed by atoms with Crippen LogP contribution in [0.1, 0.15) is 24.2 Å². The lowest BCUT2D eigenvalue weighted by atomic mass is 10.1.